The topological polar surface area (TPSA) is 76.6 Å². The van der Waals surface area contributed by atoms with Crippen molar-refractivity contribution < 1.29 is 18.9 Å². The fraction of sp³-hybridized carbons (Fsp3) is 0.632. The second-order valence-corrected chi connectivity index (χ2v) is 6.70. The van der Waals surface area contributed by atoms with Crippen molar-refractivity contribution in [2.24, 2.45) is 4.99 Å². The van der Waals surface area contributed by atoms with Gasteiger partial charge in [0, 0.05) is 50.2 Å². The van der Waals surface area contributed by atoms with E-state index in [1.54, 1.807) is 28.4 Å². The van der Waals surface area contributed by atoms with Crippen LogP contribution in [0.1, 0.15) is 12.8 Å². The van der Waals surface area contributed by atoms with Gasteiger partial charge in [0.1, 0.15) is 0 Å². The zero-order valence-electron chi connectivity index (χ0n) is 17.2. The van der Waals surface area contributed by atoms with Crippen molar-refractivity contribution in [2.75, 3.05) is 67.5 Å². The maximum atomic E-state index is 5.54. The number of methoxy groups -OCH3 is 3. The van der Waals surface area contributed by atoms with E-state index in [1.165, 1.54) is 0 Å². The molecule has 1 fully saturated rings. The van der Waals surface area contributed by atoms with E-state index in [-0.39, 0.29) is 5.54 Å². The van der Waals surface area contributed by atoms with Crippen LogP contribution in [0.15, 0.2) is 17.1 Å². The Kier molecular flexibility index (Phi) is 7.55. The molecule has 0 unspecified atom stereocenters. The van der Waals surface area contributed by atoms with E-state index in [1.807, 2.05) is 12.1 Å². The number of likely N-dealkylation sites (N-methyl/N-ethyl adjacent to an activating group) is 1. The lowest BCUT2D eigenvalue weighted by molar-refractivity contribution is -0.00491. The summed E-state index contributed by atoms with van der Waals surface area (Å²) in [7, 11) is 10.8. The molecule has 2 rings (SSSR count). The van der Waals surface area contributed by atoms with Crippen LogP contribution < -0.4 is 24.8 Å². The summed E-state index contributed by atoms with van der Waals surface area (Å²) in [4.78, 5) is 6.62. The summed E-state index contributed by atoms with van der Waals surface area (Å²) in [5.41, 5.74) is 0.842. The monoisotopic (exact) mass is 380 g/mol. The molecule has 0 spiro atoms. The largest absolute Gasteiger partial charge is 0.493 e. The Morgan fingerprint density at radius 3 is 2.15 bits per heavy atom. The van der Waals surface area contributed by atoms with Crippen LogP contribution >= 0.6 is 0 Å². The summed E-state index contributed by atoms with van der Waals surface area (Å²) >= 11 is 0. The first kappa shape index (κ1) is 21.1. The van der Waals surface area contributed by atoms with Gasteiger partial charge in [-0.15, -0.1) is 0 Å². The van der Waals surface area contributed by atoms with Crippen molar-refractivity contribution in [3.63, 3.8) is 0 Å². The van der Waals surface area contributed by atoms with Gasteiger partial charge in [-0.3, -0.25) is 4.99 Å². The summed E-state index contributed by atoms with van der Waals surface area (Å²) < 4.78 is 21.7. The number of hydrogen-bond donors (Lipinski definition) is 2. The highest BCUT2D eigenvalue weighted by atomic mass is 16.5. The second-order valence-electron chi connectivity index (χ2n) is 6.70. The summed E-state index contributed by atoms with van der Waals surface area (Å²) in [5.74, 6) is 2.41. The molecular formula is C19H32N4O4. The third-order valence-corrected chi connectivity index (χ3v) is 5.11. The van der Waals surface area contributed by atoms with Crippen LogP contribution in [0, 0.1) is 0 Å². The maximum Gasteiger partial charge on any atom is 0.203 e. The van der Waals surface area contributed by atoms with E-state index in [2.05, 4.69) is 34.6 Å². The van der Waals surface area contributed by atoms with Gasteiger partial charge in [-0.05, 0) is 26.9 Å². The summed E-state index contributed by atoms with van der Waals surface area (Å²) in [6.45, 7) is 2.32. The van der Waals surface area contributed by atoms with Crippen molar-refractivity contribution >= 4 is 11.6 Å². The van der Waals surface area contributed by atoms with Gasteiger partial charge in [0.25, 0.3) is 0 Å². The molecule has 0 saturated carbocycles. The van der Waals surface area contributed by atoms with E-state index in [0.717, 1.165) is 38.3 Å². The zero-order valence-corrected chi connectivity index (χ0v) is 17.2. The average molecular weight is 380 g/mol. The minimum Gasteiger partial charge on any atom is -0.493 e. The molecule has 0 amide bonds. The fourth-order valence-electron chi connectivity index (χ4n) is 3.25. The van der Waals surface area contributed by atoms with Gasteiger partial charge < -0.3 is 34.5 Å². The molecule has 8 nitrogen and oxygen atoms in total. The van der Waals surface area contributed by atoms with Crippen LogP contribution in [-0.4, -0.2) is 78.6 Å². The molecule has 0 radical (unpaired) electrons. The number of anilines is 1. The molecule has 1 heterocycles. The smallest absolute Gasteiger partial charge is 0.203 e. The summed E-state index contributed by atoms with van der Waals surface area (Å²) in [6, 6.07) is 3.70. The lowest BCUT2D eigenvalue weighted by atomic mass is 9.88. The zero-order chi connectivity index (χ0) is 19.9. The predicted octanol–water partition coefficient (Wildman–Crippen LogP) is 1.81. The third kappa shape index (κ3) is 4.95. The highest BCUT2D eigenvalue weighted by Gasteiger charge is 2.34. The number of aliphatic imine (C=N–C) groups is 1. The van der Waals surface area contributed by atoms with Crippen LogP contribution in [0.4, 0.5) is 5.69 Å². The second kappa shape index (κ2) is 9.66. The third-order valence-electron chi connectivity index (χ3n) is 5.11. The van der Waals surface area contributed by atoms with Crippen LogP contribution in [0.2, 0.25) is 0 Å². The lowest BCUT2D eigenvalue weighted by Crippen LogP contribution is -2.56. The number of hydrogen-bond acceptors (Lipinski definition) is 6. The Labute approximate surface area is 161 Å². The summed E-state index contributed by atoms with van der Waals surface area (Å²) in [6.07, 6.45) is 1.96. The molecule has 1 aliphatic heterocycles. The standard InChI is InChI=1S/C19H32N4O4/c1-20-18(21-13-19(23(2)3)7-9-27-10-8-19)22-14-11-15(24-4)17(26-6)16(12-14)25-5/h11-12H,7-10,13H2,1-6H3,(H2,20,21,22). The molecule has 27 heavy (non-hydrogen) atoms. The first-order valence-corrected chi connectivity index (χ1v) is 9.02. The van der Waals surface area contributed by atoms with E-state index in [4.69, 9.17) is 18.9 Å². The molecule has 1 aromatic carbocycles. The van der Waals surface area contributed by atoms with Crippen LogP contribution in [0.3, 0.4) is 0 Å². The number of guanidine groups is 1. The molecule has 1 aromatic rings. The van der Waals surface area contributed by atoms with Gasteiger partial charge in [-0.25, -0.2) is 0 Å². The van der Waals surface area contributed by atoms with Gasteiger partial charge in [0.15, 0.2) is 17.5 Å². The average Bonchev–Trinajstić information content (AvgIpc) is 2.70. The van der Waals surface area contributed by atoms with Gasteiger partial charge in [-0.1, -0.05) is 0 Å². The maximum absolute atomic E-state index is 5.54. The van der Waals surface area contributed by atoms with E-state index >= 15 is 0 Å². The van der Waals surface area contributed by atoms with Crippen LogP contribution in [0.5, 0.6) is 17.2 Å². The molecule has 0 aliphatic carbocycles. The highest BCUT2D eigenvalue weighted by Crippen LogP contribution is 2.39. The van der Waals surface area contributed by atoms with E-state index in [9.17, 15) is 0 Å². The molecule has 1 saturated heterocycles. The van der Waals surface area contributed by atoms with E-state index in [0.29, 0.717) is 23.2 Å². The Balaban J connectivity index is 2.13. The normalized spacial score (nSPS) is 16.8. The van der Waals surface area contributed by atoms with Gasteiger partial charge in [0.05, 0.1) is 21.3 Å². The van der Waals surface area contributed by atoms with Gasteiger partial charge >= 0.3 is 0 Å². The molecular weight excluding hydrogens is 348 g/mol. The highest BCUT2D eigenvalue weighted by molar-refractivity contribution is 5.94. The minimum absolute atomic E-state index is 0.0468. The number of ether oxygens (including phenoxy) is 4. The number of rotatable bonds is 7. The van der Waals surface area contributed by atoms with Crippen molar-refractivity contribution in [3.05, 3.63) is 12.1 Å². The predicted molar refractivity (Wildman–Crippen MR) is 108 cm³/mol. The molecule has 0 aromatic heterocycles. The Hall–Kier alpha value is -2.19. The molecule has 2 N–H and O–H groups in total. The number of nitrogens with zero attached hydrogens (tertiary/aromatic N) is 2. The van der Waals surface area contributed by atoms with Crippen molar-refractivity contribution in [3.8, 4) is 17.2 Å². The SMILES string of the molecule is CN=C(NCC1(N(C)C)CCOCC1)Nc1cc(OC)c(OC)c(OC)c1. The molecule has 152 valence electrons. The minimum atomic E-state index is 0.0468. The Bertz CT molecular complexity index is 618. The molecule has 8 heteroatoms. The number of benzene rings is 1. The van der Waals surface area contributed by atoms with E-state index < -0.39 is 0 Å². The number of nitrogens with one attached hydrogen (secondary N) is 2. The van der Waals surface area contributed by atoms with Crippen LogP contribution in [0.25, 0.3) is 0 Å². The van der Waals surface area contributed by atoms with Crippen LogP contribution in [-0.2, 0) is 4.74 Å². The lowest BCUT2D eigenvalue weighted by Gasteiger charge is -2.43. The molecule has 0 atom stereocenters. The van der Waals surface area contributed by atoms with Crippen molar-refractivity contribution in [1.29, 1.82) is 0 Å². The van der Waals surface area contributed by atoms with Crippen molar-refractivity contribution in [1.82, 2.24) is 10.2 Å². The van der Waals surface area contributed by atoms with Crippen molar-refractivity contribution in [2.45, 2.75) is 18.4 Å². The first-order chi connectivity index (χ1) is 13.0. The van der Waals surface area contributed by atoms with Gasteiger partial charge in [0.2, 0.25) is 5.75 Å². The molecule has 1 aliphatic rings. The molecule has 0 bridgehead atoms. The van der Waals surface area contributed by atoms with Gasteiger partial charge in [-0.2, -0.15) is 0 Å². The first-order valence-electron chi connectivity index (χ1n) is 9.02. The Morgan fingerprint density at radius 1 is 1.11 bits per heavy atom. The summed E-state index contributed by atoms with van der Waals surface area (Å²) in [5, 5.41) is 6.74. The fourth-order valence-corrected chi connectivity index (χ4v) is 3.25. The Morgan fingerprint density at radius 2 is 1.70 bits per heavy atom. The quantitative estimate of drug-likeness (QED) is 0.552.